The molecule has 1 atom stereocenters. The topological polar surface area (TPSA) is 68.9 Å². The highest BCUT2D eigenvalue weighted by molar-refractivity contribution is 7.15. The van der Waals surface area contributed by atoms with Crippen LogP contribution < -0.4 is 10.6 Å². The molecule has 7 heteroatoms. The molecule has 2 aromatic carbocycles. The second-order valence-electron chi connectivity index (χ2n) is 10.2. The number of nitrogen functional groups attached to an aromatic ring is 1. The smallest absolute Gasteiger partial charge is 0.180 e. The number of nitrogens with two attached hydrogens (primary N) is 1. The summed E-state index contributed by atoms with van der Waals surface area (Å²) >= 11 is 1.69. The highest BCUT2D eigenvalue weighted by Crippen LogP contribution is 2.31. The van der Waals surface area contributed by atoms with Crippen LogP contribution in [0.5, 0.6) is 5.75 Å². The van der Waals surface area contributed by atoms with Crippen LogP contribution in [0.3, 0.4) is 0 Å². The maximum absolute atomic E-state index is 10.0. The highest BCUT2D eigenvalue weighted by atomic mass is 32.1. The zero-order valence-electron chi connectivity index (χ0n) is 21.6. The number of nitrogens with zero attached hydrogens (tertiary/aromatic N) is 4. The van der Waals surface area contributed by atoms with Crippen molar-refractivity contribution >= 4 is 22.2 Å². The monoisotopic (exact) mass is 505 g/mol. The molecular formula is C29H39N5OS. The van der Waals surface area contributed by atoms with Crippen molar-refractivity contribution in [2.45, 2.75) is 45.6 Å². The van der Waals surface area contributed by atoms with Gasteiger partial charge in [0, 0.05) is 55.9 Å². The third-order valence-electron chi connectivity index (χ3n) is 7.81. The largest absolute Gasteiger partial charge is 0.508 e. The van der Waals surface area contributed by atoms with Crippen molar-refractivity contribution in [3.8, 4) is 16.9 Å². The second kappa shape index (κ2) is 11.2. The van der Waals surface area contributed by atoms with Gasteiger partial charge >= 0.3 is 0 Å². The number of aryl methyl sites for hydroxylation is 2. The normalized spacial score (nSPS) is 18.5. The highest BCUT2D eigenvalue weighted by Gasteiger charge is 2.27. The molecule has 2 aliphatic rings. The molecule has 1 unspecified atom stereocenters. The standard InChI is InChI=1S/C29H39N5OS/c1-3-12-33(25-10-11-26-28(20-25)36-29(30)31-26)16-13-32-14-17-34(18-15-32)24-8-6-22(7-9-24)23-5-4-21(2)27(35)19-23/h4-9,19,25,35H,3,10-18,20H2,1-2H3,(H2,30,31). The van der Waals surface area contributed by atoms with E-state index in [0.29, 0.717) is 11.8 Å². The molecule has 192 valence electrons. The number of thiazole rings is 1. The van der Waals surface area contributed by atoms with Crippen molar-refractivity contribution < 1.29 is 5.11 Å². The maximum atomic E-state index is 10.0. The van der Waals surface area contributed by atoms with Crippen molar-refractivity contribution in [3.63, 3.8) is 0 Å². The number of aromatic nitrogens is 1. The fraction of sp³-hybridized carbons (Fsp3) is 0.483. The minimum atomic E-state index is 0.353. The lowest BCUT2D eigenvalue weighted by Gasteiger charge is -2.39. The molecule has 0 bridgehead atoms. The number of anilines is 2. The van der Waals surface area contributed by atoms with Gasteiger partial charge in [-0.25, -0.2) is 4.98 Å². The lowest BCUT2D eigenvalue weighted by molar-refractivity contribution is 0.146. The minimum Gasteiger partial charge on any atom is -0.508 e. The summed E-state index contributed by atoms with van der Waals surface area (Å²) < 4.78 is 0. The molecule has 2 heterocycles. The van der Waals surface area contributed by atoms with E-state index in [1.165, 1.54) is 35.6 Å². The number of phenols is 1. The maximum Gasteiger partial charge on any atom is 0.180 e. The van der Waals surface area contributed by atoms with Crippen molar-refractivity contribution in [1.29, 1.82) is 0 Å². The Morgan fingerprint density at radius 1 is 1.06 bits per heavy atom. The quantitative estimate of drug-likeness (QED) is 0.458. The zero-order chi connectivity index (χ0) is 25.1. The van der Waals surface area contributed by atoms with Gasteiger partial charge in [0.1, 0.15) is 5.75 Å². The number of hydrogen-bond acceptors (Lipinski definition) is 7. The summed E-state index contributed by atoms with van der Waals surface area (Å²) in [4.78, 5) is 13.8. The van der Waals surface area contributed by atoms with Crippen LogP contribution in [0.4, 0.5) is 10.8 Å². The molecule has 1 saturated heterocycles. The number of fused-ring (bicyclic) bond motifs is 1. The van der Waals surface area contributed by atoms with Crippen molar-refractivity contribution in [2.24, 2.45) is 0 Å². The number of rotatable bonds is 8. The molecule has 1 aliphatic heterocycles. The first-order valence-electron chi connectivity index (χ1n) is 13.4. The Kier molecular flexibility index (Phi) is 7.79. The van der Waals surface area contributed by atoms with Crippen LogP contribution in [-0.4, -0.2) is 71.7 Å². The van der Waals surface area contributed by atoms with E-state index in [2.05, 4.69) is 56.9 Å². The van der Waals surface area contributed by atoms with E-state index in [1.807, 2.05) is 19.1 Å². The predicted molar refractivity (Wildman–Crippen MR) is 151 cm³/mol. The number of benzene rings is 2. The third kappa shape index (κ3) is 5.69. The summed E-state index contributed by atoms with van der Waals surface area (Å²) in [6.45, 7) is 12.0. The van der Waals surface area contributed by atoms with Crippen molar-refractivity contribution in [2.75, 3.05) is 56.4 Å². The second-order valence-corrected chi connectivity index (χ2v) is 11.3. The molecular weight excluding hydrogens is 466 g/mol. The van der Waals surface area contributed by atoms with E-state index < -0.39 is 0 Å². The van der Waals surface area contributed by atoms with Crippen molar-refractivity contribution in [3.05, 3.63) is 58.6 Å². The molecule has 1 fully saturated rings. The Balaban J connectivity index is 1.12. The van der Waals surface area contributed by atoms with Gasteiger partial charge in [0.2, 0.25) is 0 Å². The van der Waals surface area contributed by atoms with Gasteiger partial charge in [0.25, 0.3) is 0 Å². The van der Waals surface area contributed by atoms with Gasteiger partial charge in [-0.05, 0) is 74.0 Å². The number of aromatic hydroxyl groups is 1. The molecule has 0 radical (unpaired) electrons. The van der Waals surface area contributed by atoms with Crippen LogP contribution in [0.2, 0.25) is 0 Å². The van der Waals surface area contributed by atoms with E-state index in [0.717, 1.165) is 73.9 Å². The van der Waals surface area contributed by atoms with Gasteiger partial charge in [0.05, 0.1) is 5.69 Å². The van der Waals surface area contributed by atoms with Crippen LogP contribution in [-0.2, 0) is 12.8 Å². The van der Waals surface area contributed by atoms with Crippen molar-refractivity contribution in [1.82, 2.24) is 14.8 Å². The Bertz CT molecular complexity index is 1150. The molecule has 3 aromatic rings. The van der Waals surface area contributed by atoms with Crippen LogP contribution >= 0.6 is 11.3 Å². The first-order valence-corrected chi connectivity index (χ1v) is 14.2. The van der Waals surface area contributed by atoms with Gasteiger partial charge < -0.3 is 15.7 Å². The van der Waals surface area contributed by atoms with Crippen LogP contribution in [0, 0.1) is 6.92 Å². The van der Waals surface area contributed by atoms with Gasteiger partial charge in [-0.1, -0.05) is 31.2 Å². The Labute approximate surface area is 219 Å². The minimum absolute atomic E-state index is 0.353. The first-order chi connectivity index (χ1) is 17.5. The summed E-state index contributed by atoms with van der Waals surface area (Å²) in [5.41, 5.74) is 11.6. The fourth-order valence-electron chi connectivity index (χ4n) is 5.61. The van der Waals surface area contributed by atoms with Crippen LogP contribution in [0.25, 0.3) is 11.1 Å². The Morgan fingerprint density at radius 3 is 2.53 bits per heavy atom. The Hall–Kier alpha value is -2.61. The predicted octanol–water partition coefficient (Wildman–Crippen LogP) is 4.80. The van der Waals surface area contributed by atoms with E-state index in [-0.39, 0.29) is 0 Å². The average Bonchev–Trinajstić information content (AvgIpc) is 3.28. The Morgan fingerprint density at radius 2 is 1.81 bits per heavy atom. The summed E-state index contributed by atoms with van der Waals surface area (Å²) in [5, 5.41) is 10.8. The molecule has 0 saturated carbocycles. The lowest BCUT2D eigenvalue weighted by atomic mass is 9.96. The van der Waals surface area contributed by atoms with Crippen LogP contribution in [0.15, 0.2) is 42.5 Å². The SMILES string of the molecule is CCCN(CCN1CCN(c2ccc(-c3ccc(C)c(O)c3)cc2)CC1)C1CCc2nc(N)sc2C1. The van der Waals surface area contributed by atoms with Crippen LogP contribution in [0.1, 0.15) is 35.9 Å². The molecule has 6 nitrogen and oxygen atoms in total. The van der Waals surface area contributed by atoms with E-state index in [4.69, 9.17) is 5.73 Å². The van der Waals surface area contributed by atoms with E-state index in [9.17, 15) is 5.11 Å². The summed E-state index contributed by atoms with van der Waals surface area (Å²) in [7, 11) is 0. The van der Waals surface area contributed by atoms with Gasteiger partial charge in [0.15, 0.2) is 5.13 Å². The molecule has 36 heavy (non-hydrogen) atoms. The molecule has 1 aromatic heterocycles. The number of hydrogen-bond donors (Lipinski definition) is 2. The van der Waals surface area contributed by atoms with E-state index in [1.54, 1.807) is 11.3 Å². The lowest BCUT2D eigenvalue weighted by Crippen LogP contribution is -2.50. The van der Waals surface area contributed by atoms with Gasteiger partial charge in [-0.3, -0.25) is 9.80 Å². The average molecular weight is 506 g/mol. The molecule has 0 amide bonds. The molecule has 0 spiro atoms. The number of phenolic OH excluding ortho intramolecular Hbond substituents is 1. The summed E-state index contributed by atoms with van der Waals surface area (Å²) in [6.07, 6.45) is 4.56. The van der Waals surface area contributed by atoms with Gasteiger partial charge in [-0.2, -0.15) is 0 Å². The molecule has 3 N–H and O–H groups in total. The first kappa shape index (κ1) is 25.1. The molecule has 5 rings (SSSR count). The summed E-state index contributed by atoms with van der Waals surface area (Å²) in [6, 6.07) is 15.3. The van der Waals surface area contributed by atoms with E-state index >= 15 is 0 Å². The fourth-order valence-corrected chi connectivity index (χ4v) is 6.56. The summed E-state index contributed by atoms with van der Waals surface area (Å²) in [5.74, 6) is 0.353. The third-order valence-corrected chi connectivity index (χ3v) is 8.76. The van der Waals surface area contributed by atoms with Gasteiger partial charge in [-0.15, -0.1) is 11.3 Å². The number of piperazine rings is 1. The molecule has 1 aliphatic carbocycles. The zero-order valence-corrected chi connectivity index (χ0v) is 22.4.